The fraction of sp³-hybridized carbons (Fsp3) is 0.182. The Kier molecular flexibility index (Phi) is 3.34. The van der Waals surface area contributed by atoms with Crippen molar-refractivity contribution in [3.8, 4) is 0 Å². The van der Waals surface area contributed by atoms with Crippen LogP contribution < -0.4 is 10.2 Å². The van der Waals surface area contributed by atoms with Crippen LogP contribution in [0.4, 0.5) is 11.5 Å². The van der Waals surface area contributed by atoms with E-state index < -0.39 is 0 Å². The smallest absolute Gasteiger partial charge is 0.275 e. The molecule has 5 nitrogen and oxygen atoms in total. The van der Waals surface area contributed by atoms with Gasteiger partial charge in [-0.1, -0.05) is 0 Å². The summed E-state index contributed by atoms with van der Waals surface area (Å²) in [6.45, 7) is 0. The van der Waals surface area contributed by atoms with Gasteiger partial charge in [0.2, 0.25) is 0 Å². The Morgan fingerprint density at radius 1 is 1.41 bits per heavy atom. The summed E-state index contributed by atoms with van der Waals surface area (Å²) in [5.74, 6) is 0.586. The maximum atomic E-state index is 11.8. The van der Waals surface area contributed by atoms with Gasteiger partial charge in [-0.3, -0.25) is 4.79 Å². The number of carbonyl (C=O) groups is 1. The summed E-state index contributed by atoms with van der Waals surface area (Å²) in [5, 5.41) is 4.49. The van der Waals surface area contributed by atoms with Crippen LogP contribution in [0.15, 0.2) is 29.2 Å². The van der Waals surface area contributed by atoms with Crippen LogP contribution in [0.25, 0.3) is 0 Å². The molecule has 1 N–H and O–H groups in total. The minimum Gasteiger partial charge on any atom is -0.363 e. The van der Waals surface area contributed by atoms with Crippen LogP contribution in [0, 0.1) is 0 Å². The highest BCUT2D eigenvalue weighted by atomic mass is 32.1. The van der Waals surface area contributed by atoms with E-state index in [2.05, 4.69) is 15.3 Å². The monoisotopic (exact) mass is 248 g/mol. The fourth-order valence-electron chi connectivity index (χ4n) is 1.26. The molecule has 88 valence electrons. The average molecular weight is 248 g/mol. The summed E-state index contributed by atoms with van der Waals surface area (Å²) in [6, 6.07) is 3.56. The first kappa shape index (κ1) is 11.5. The van der Waals surface area contributed by atoms with Gasteiger partial charge in [-0.15, -0.1) is 11.3 Å². The maximum Gasteiger partial charge on any atom is 0.275 e. The van der Waals surface area contributed by atoms with Crippen LogP contribution in [0.1, 0.15) is 10.5 Å². The second-order valence-corrected chi connectivity index (χ2v) is 4.34. The largest absolute Gasteiger partial charge is 0.363 e. The number of hydrogen-bond donors (Lipinski definition) is 1. The van der Waals surface area contributed by atoms with Crippen molar-refractivity contribution in [3.05, 3.63) is 34.9 Å². The first-order chi connectivity index (χ1) is 8.16. The van der Waals surface area contributed by atoms with E-state index in [1.54, 1.807) is 23.2 Å². The SMILES string of the molecule is CN(C)c1cc(NC(=O)c2cscn2)ccn1. The highest BCUT2D eigenvalue weighted by Crippen LogP contribution is 2.15. The van der Waals surface area contributed by atoms with Gasteiger partial charge >= 0.3 is 0 Å². The molecule has 2 heterocycles. The number of nitrogens with zero attached hydrogens (tertiary/aromatic N) is 3. The Hall–Kier alpha value is -1.95. The lowest BCUT2D eigenvalue weighted by molar-refractivity contribution is 0.102. The van der Waals surface area contributed by atoms with Crippen molar-refractivity contribution in [3.63, 3.8) is 0 Å². The number of nitrogens with one attached hydrogen (secondary N) is 1. The molecular weight excluding hydrogens is 236 g/mol. The number of anilines is 2. The van der Waals surface area contributed by atoms with E-state index in [0.717, 1.165) is 5.82 Å². The van der Waals surface area contributed by atoms with Gasteiger partial charge in [-0.05, 0) is 6.07 Å². The molecule has 0 saturated heterocycles. The lowest BCUT2D eigenvalue weighted by Crippen LogP contribution is -2.14. The van der Waals surface area contributed by atoms with Crippen LogP contribution in [-0.4, -0.2) is 30.0 Å². The van der Waals surface area contributed by atoms with Crippen molar-refractivity contribution in [2.75, 3.05) is 24.3 Å². The molecule has 0 fully saturated rings. The summed E-state index contributed by atoms with van der Waals surface area (Å²) >= 11 is 1.39. The van der Waals surface area contributed by atoms with E-state index in [1.165, 1.54) is 11.3 Å². The van der Waals surface area contributed by atoms with Gasteiger partial charge in [0.1, 0.15) is 11.5 Å². The molecule has 0 aliphatic heterocycles. The molecule has 0 saturated carbocycles. The number of carbonyl (C=O) groups excluding carboxylic acids is 1. The number of thiazole rings is 1. The third kappa shape index (κ3) is 2.79. The summed E-state index contributed by atoms with van der Waals surface area (Å²) in [7, 11) is 3.79. The van der Waals surface area contributed by atoms with Crippen molar-refractivity contribution in [1.82, 2.24) is 9.97 Å². The first-order valence-corrected chi connectivity index (χ1v) is 5.94. The maximum absolute atomic E-state index is 11.8. The average Bonchev–Trinajstić information content (AvgIpc) is 2.82. The molecular formula is C11H12N4OS. The number of hydrogen-bond acceptors (Lipinski definition) is 5. The van der Waals surface area contributed by atoms with Gasteiger partial charge < -0.3 is 10.2 Å². The summed E-state index contributed by atoms with van der Waals surface area (Å²) in [5.41, 5.74) is 2.77. The van der Waals surface area contributed by atoms with Crippen molar-refractivity contribution in [2.24, 2.45) is 0 Å². The zero-order chi connectivity index (χ0) is 12.3. The summed E-state index contributed by atoms with van der Waals surface area (Å²) < 4.78 is 0. The molecule has 2 aromatic rings. The molecule has 0 spiro atoms. The number of amides is 1. The van der Waals surface area contributed by atoms with Crippen molar-refractivity contribution >= 4 is 28.7 Å². The molecule has 1 amide bonds. The van der Waals surface area contributed by atoms with Crippen LogP contribution >= 0.6 is 11.3 Å². The van der Waals surface area contributed by atoms with Gasteiger partial charge in [0.25, 0.3) is 5.91 Å². The van der Waals surface area contributed by atoms with Gasteiger partial charge in [0, 0.05) is 37.4 Å². The molecule has 0 radical (unpaired) electrons. The van der Waals surface area contributed by atoms with Crippen LogP contribution in [0.3, 0.4) is 0 Å². The molecule has 0 aliphatic carbocycles. The van der Waals surface area contributed by atoms with Gasteiger partial charge in [-0.2, -0.15) is 0 Å². The number of aromatic nitrogens is 2. The fourth-order valence-corrected chi connectivity index (χ4v) is 1.79. The Balaban J connectivity index is 2.14. The molecule has 0 aromatic carbocycles. The quantitative estimate of drug-likeness (QED) is 0.900. The van der Waals surface area contributed by atoms with E-state index in [4.69, 9.17) is 0 Å². The van der Waals surface area contributed by atoms with Gasteiger partial charge in [-0.25, -0.2) is 9.97 Å². The minimum absolute atomic E-state index is 0.206. The molecule has 6 heteroatoms. The predicted octanol–water partition coefficient (Wildman–Crippen LogP) is 1.86. The molecule has 2 aromatic heterocycles. The molecule has 17 heavy (non-hydrogen) atoms. The van der Waals surface area contributed by atoms with E-state index in [0.29, 0.717) is 11.4 Å². The van der Waals surface area contributed by atoms with Crippen LogP contribution in [0.5, 0.6) is 0 Å². The first-order valence-electron chi connectivity index (χ1n) is 5.00. The molecule has 2 rings (SSSR count). The van der Waals surface area contributed by atoms with Crippen LogP contribution in [0.2, 0.25) is 0 Å². The zero-order valence-corrected chi connectivity index (χ0v) is 10.4. The van der Waals surface area contributed by atoms with E-state index in [1.807, 2.05) is 25.1 Å². The Morgan fingerprint density at radius 2 is 2.24 bits per heavy atom. The minimum atomic E-state index is -0.206. The lowest BCUT2D eigenvalue weighted by atomic mass is 10.3. The third-order valence-electron chi connectivity index (χ3n) is 2.13. The third-order valence-corrected chi connectivity index (χ3v) is 2.71. The topological polar surface area (TPSA) is 58.1 Å². The molecule has 0 atom stereocenters. The van der Waals surface area contributed by atoms with Gasteiger partial charge in [0.15, 0.2) is 0 Å². The summed E-state index contributed by atoms with van der Waals surface area (Å²) in [4.78, 5) is 21.7. The predicted molar refractivity (Wildman–Crippen MR) is 68.6 cm³/mol. The highest BCUT2D eigenvalue weighted by molar-refractivity contribution is 7.07. The number of rotatable bonds is 3. The second kappa shape index (κ2) is 4.92. The van der Waals surface area contributed by atoms with E-state index in [9.17, 15) is 4.79 Å². The van der Waals surface area contributed by atoms with Crippen molar-refractivity contribution in [2.45, 2.75) is 0 Å². The number of pyridine rings is 1. The Bertz CT molecular complexity index is 510. The van der Waals surface area contributed by atoms with Gasteiger partial charge in [0.05, 0.1) is 5.51 Å². The standard InChI is InChI=1S/C11H12N4OS/c1-15(2)10-5-8(3-4-12-10)14-11(16)9-6-17-7-13-9/h3-7H,1-2H3,(H,12,14,16). The van der Waals surface area contributed by atoms with E-state index in [-0.39, 0.29) is 5.91 Å². The van der Waals surface area contributed by atoms with Crippen LogP contribution in [-0.2, 0) is 0 Å². The second-order valence-electron chi connectivity index (χ2n) is 3.62. The Morgan fingerprint density at radius 3 is 2.88 bits per heavy atom. The normalized spacial score (nSPS) is 10.0. The summed E-state index contributed by atoms with van der Waals surface area (Å²) in [6.07, 6.45) is 1.66. The highest BCUT2D eigenvalue weighted by Gasteiger charge is 2.08. The molecule has 0 bridgehead atoms. The Labute approximate surface area is 103 Å². The van der Waals surface area contributed by atoms with Crippen molar-refractivity contribution in [1.29, 1.82) is 0 Å². The molecule has 0 unspecified atom stereocenters. The van der Waals surface area contributed by atoms with Crippen molar-refractivity contribution < 1.29 is 4.79 Å². The molecule has 0 aliphatic rings. The lowest BCUT2D eigenvalue weighted by Gasteiger charge is -2.12. The zero-order valence-electron chi connectivity index (χ0n) is 9.54. The van der Waals surface area contributed by atoms with E-state index >= 15 is 0 Å².